The molecule has 7 heteroatoms. The number of amides is 2. The summed E-state index contributed by atoms with van der Waals surface area (Å²) >= 11 is 0. The molecule has 0 unspecified atom stereocenters. The van der Waals surface area contributed by atoms with Crippen molar-refractivity contribution in [3.05, 3.63) is 36.3 Å². The number of pyridine rings is 1. The van der Waals surface area contributed by atoms with Crippen LogP contribution in [0.4, 0.5) is 0 Å². The summed E-state index contributed by atoms with van der Waals surface area (Å²) in [5, 5.41) is 10.3. The lowest BCUT2D eigenvalue weighted by atomic mass is 9.87. The lowest BCUT2D eigenvalue weighted by Gasteiger charge is -2.33. The average molecular weight is 396 g/mol. The monoisotopic (exact) mass is 395 g/mol. The zero-order chi connectivity index (χ0) is 20.2. The fraction of sp³-hybridized carbons (Fsp3) is 0.545. The molecule has 0 aromatic carbocycles. The summed E-state index contributed by atoms with van der Waals surface area (Å²) in [7, 11) is 0. The number of nitrogens with one attached hydrogen (secondary N) is 2. The Hall–Kier alpha value is -2.70. The first-order chi connectivity index (χ1) is 14.1. The van der Waals surface area contributed by atoms with E-state index in [2.05, 4.69) is 27.4 Å². The third-order valence-corrected chi connectivity index (χ3v) is 6.23. The minimum absolute atomic E-state index is 0.0956. The van der Waals surface area contributed by atoms with Crippen LogP contribution in [0.25, 0.3) is 11.3 Å². The Morgan fingerprint density at radius 1 is 1.14 bits per heavy atom. The van der Waals surface area contributed by atoms with Gasteiger partial charge in [-0.25, -0.2) is 0 Å². The van der Waals surface area contributed by atoms with Crippen LogP contribution in [-0.2, 0) is 4.79 Å². The SMILES string of the molecule is CC1CCC(NC(=O)[C@@H]2CCCN(C(=O)c3cc(-c4ccncc4)n[nH]3)C2)CC1. The molecule has 2 amide bonds. The number of likely N-dealkylation sites (tertiary alicyclic amines) is 1. The minimum atomic E-state index is -0.130. The second-order valence-corrected chi connectivity index (χ2v) is 8.46. The Bertz CT molecular complexity index is 842. The van der Waals surface area contributed by atoms with Gasteiger partial charge in [0.15, 0.2) is 0 Å². The predicted octanol–water partition coefficient (Wildman–Crippen LogP) is 3.02. The van der Waals surface area contributed by atoms with Crippen LogP contribution in [0.1, 0.15) is 55.9 Å². The van der Waals surface area contributed by atoms with Crippen molar-refractivity contribution in [2.75, 3.05) is 13.1 Å². The molecule has 2 aromatic heterocycles. The van der Waals surface area contributed by atoms with E-state index in [1.54, 1.807) is 23.4 Å². The predicted molar refractivity (Wildman–Crippen MR) is 110 cm³/mol. The maximum Gasteiger partial charge on any atom is 0.271 e. The molecule has 1 saturated carbocycles. The van der Waals surface area contributed by atoms with Crippen LogP contribution in [0, 0.1) is 11.8 Å². The molecule has 29 heavy (non-hydrogen) atoms. The lowest BCUT2D eigenvalue weighted by Crippen LogP contribution is -2.48. The van der Waals surface area contributed by atoms with E-state index in [1.807, 2.05) is 12.1 Å². The van der Waals surface area contributed by atoms with E-state index in [0.29, 0.717) is 30.5 Å². The highest BCUT2D eigenvalue weighted by molar-refractivity contribution is 5.94. The van der Waals surface area contributed by atoms with Gasteiger partial charge in [0.05, 0.1) is 11.6 Å². The minimum Gasteiger partial charge on any atom is -0.353 e. The number of nitrogens with zero attached hydrogens (tertiary/aromatic N) is 3. The number of rotatable bonds is 4. The lowest BCUT2D eigenvalue weighted by molar-refractivity contribution is -0.127. The number of hydrogen-bond acceptors (Lipinski definition) is 4. The van der Waals surface area contributed by atoms with Crippen LogP contribution in [0.2, 0.25) is 0 Å². The molecular weight excluding hydrogens is 366 g/mol. The maximum absolute atomic E-state index is 12.9. The van der Waals surface area contributed by atoms with E-state index >= 15 is 0 Å². The third kappa shape index (κ3) is 4.66. The van der Waals surface area contributed by atoms with Crippen LogP contribution >= 0.6 is 0 Å². The number of piperidine rings is 1. The standard InChI is InChI=1S/C22H29N5O2/c1-15-4-6-18(7-5-15)24-21(28)17-3-2-12-27(14-17)22(29)20-13-19(25-26-20)16-8-10-23-11-9-16/h8-11,13,15,17-18H,2-7,12,14H2,1H3,(H,24,28)(H,25,26)/t15?,17-,18?/m1/s1. The van der Waals surface area contributed by atoms with E-state index in [9.17, 15) is 9.59 Å². The van der Waals surface area contributed by atoms with Crippen molar-refractivity contribution in [3.8, 4) is 11.3 Å². The van der Waals surface area contributed by atoms with Crippen LogP contribution in [0.15, 0.2) is 30.6 Å². The molecule has 4 rings (SSSR count). The molecule has 2 fully saturated rings. The Morgan fingerprint density at radius 2 is 1.90 bits per heavy atom. The molecule has 1 aliphatic heterocycles. The molecule has 0 radical (unpaired) electrons. The molecule has 1 atom stereocenters. The first kappa shape index (κ1) is 19.6. The van der Waals surface area contributed by atoms with Gasteiger partial charge < -0.3 is 10.2 Å². The van der Waals surface area contributed by atoms with Crippen molar-refractivity contribution in [2.24, 2.45) is 11.8 Å². The molecule has 2 N–H and O–H groups in total. The summed E-state index contributed by atoms with van der Waals surface area (Å²) in [6.07, 6.45) is 9.57. The van der Waals surface area contributed by atoms with Gasteiger partial charge in [-0.2, -0.15) is 5.10 Å². The van der Waals surface area contributed by atoms with Crippen LogP contribution in [-0.4, -0.2) is 51.0 Å². The zero-order valence-electron chi connectivity index (χ0n) is 16.9. The Balaban J connectivity index is 1.36. The quantitative estimate of drug-likeness (QED) is 0.832. The fourth-order valence-electron chi connectivity index (χ4n) is 4.37. The van der Waals surface area contributed by atoms with Crippen molar-refractivity contribution in [2.45, 2.75) is 51.5 Å². The molecule has 0 bridgehead atoms. The van der Waals surface area contributed by atoms with Gasteiger partial charge in [0.25, 0.3) is 5.91 Å². The smallest absolute Gasteiger partial charge is 0.271 e. The molecule has 2 aromatic rings. The van der Waals surface area contributed by atoms with Gasteiger partial charge in [0.2, 0.25) is 5.91 Å². The molecule has 2 aliphatic rings. The van der Waals surface area contributed by atoms with Crippen molar-refractivity contribution < 1.29 is 9.59 Å². The van der Waals surface area contributed by atoms with Gasteiger partial charge in [-0.05, 0) is 62.6 Å². The van der Waals surface area contributed by atoms with Gasteiger partial charge in [0.1, 0.15) is 5.69 Å². The Labute approximate surface area is 171 Å². The van der Waals surface area contributed by atoms with E-state index in [4.69, 9.17) is 0 Å². The number of carbonyl (C=O) groups is 2. The summed E-state index contributed by atoms with van der Waals surface area (Å²) in [6, 6.07) is 5.78. The van der Waals surface area contributed by atoms with Gasteiger partial charge >= 0.3 is 0 Å². The van der Waals surface area contributed by atoms with Gasteiger partial charge in [-0.15, -0.1) is 0 Å². The second-order valence-electron chi connectivity index (χ2n) is 8.46. The van der Waals surface area contributed by atoms with Crippen molar-refractivity contribution in [1.82, 2.24) is 25.4 Å². The summed E-state index contributed by atoms with van der Waals surface area (Å²) in [5.41, 5.74) is 2.08. The van der Waals surface area contributed by atoms with Crippen molar-refractivity contribution in [3.63, 3.8) is 0 Å². The highest BCUT2D eigenvalue weighted by atomic mass is 16.2. The second kappa shape index (κ2) is 8.76. The number of aromatic nitrogens is 3. The fourth-order valence-corrected chi connectivity index (χ4v) is 4.37. The van der Waals surface area contributed by atoms with E-state index in [0.717, 1.165) is 37.2 Å². The number of aromatic amines is 1. The van der Waals surface area contributed by atoms with E-state index < -0.39 is 0 Å². The summed E-state index contributed by atoms with van der Waals surface area (Å²) in [4.78, 5) is 31.5. The molecule has 7 nitrogen and oxygen atoms in total. The summed E-state index contributed by atoms with van der Waals surface area (Å²) in [5.74, 6) is 0.637. The normalized spacial score (nSPS) is 24.9. The zero-order valence-corrected chi connectivity index (χ0v) is 16.9. The highest BCUT2D eigenvalue weighted by Crippen LogP contribution is 2.25. The number of carbonyl (C=O) groups excluding carboxylic acids is 2. The van der Waals surface area contributed by atoms with E-state index in [-0.39, 0.29) is 17.7 Å². The molecule has 1 aliphatic carbocycles. The van der Waals surface area contributed by atoms with Crippen LogP contribution in [0.5, 0.6) is 0 Å². The third-order valence-electron chi connectivity index (χ3n) is 6.23. The maximum atomic E-state index is 12.9. The Kier molecular flexibility index (Phi) is 5.92. The largest absolute Gasteiger partial charge is 0.353 e. The Morgan fingerprint density at radius 3 is 2.66 bits per heavy atom. The molecule has 154 valence electrons. The summed E-state index contributed by atoms with van der Waals surface area (Å²) in [6.45, 7) is 3.42. The van der Waals surface area contributed by atoms with Gasteiger partial charge in [0, 0.05) is 37.1 Å². The molecule has 3 heterocycles. The van der Waals surface area contributed by atoms with Crippen molar-refractivity contribution in [1.29, 1.82) is 0 Å². The topological polar surface area (TPSA) is 91.0 Å². The molecule has 0 spiro atoms. The number of H-pyrrole nitrogens is 1. The first-order valence-corrected chi connectivity index (χ1v) is 10.7. The first-order valence-electron chi connectivity index (χ1n) is 10.7. The highest BCUT2D eigenvalue weighted by Gasteiger charge is 2.31. The van der Waals surface area contributed by atoms with E-state index in [1.165, 1.54) is 12.8 Å². The van der Waals surface area contributed by atoms with Crippen molar-refractivity contribution >= 4 is 11.8 Å². The van der Waals surface area contributed by atoms with Gasteiger partial charge in [-0.3, -0.25) is 19.7 Å². The number of hydrogen-bond donors (Lipinski definition) is 2. The van der Waals surface area contributed by atoms with Crippen LogP contribution in [0.3, 0.4) is 0 Å². The average Bonchev–Trinajstić information content (AvgIpc) is 3.26. The molecular formula is C22H29N5O2. The summed E-state index contributed by atoms with van der Waals surface area (Å²) < 4.78 is 0. The van der Waals surface area contributed by atoms with Gasteiger partial charge in [-0.1, -0.05) is 6.92 Å². The molecule has 1 saturated heterocycles. The van der Waals surface area contributed by atoms with Crippen LogP contribution < -0.4 is 5.32 Å².